The lowest BCUT2D eigenvalue weighted by atomic mass is 9.90. The molecule has 1 aliphatic rings. The Morgan fingerprint density at radius 1 is 1.29 bits per heavy atom. The lowest BCUT2D eigenvalue weighted by Gasteiger charge is -2.32. The molecule has 1 unspecified atom stereocenters. The summed E-state index contributed by atoms with van der Waals surface area (Å²) in [5.41, 5.74) is 1.47. The number of piperidine rings is 1. The zero-order valence-corrected chi connectivity index (χ0v) is 13.1. The minimum absolute atomic E-state index is 0.0112. The van der Waals surface area contributed by atoms with Crippen LogP contribution in [0.25, 0.3) is 0 Å². The van der Waals surface area contributed by atoms with Crippen LogP contribution < -0.4 is 5.32 Å². The second kappa shape index (κ2) is 8.81. The van der Waals surface area contributed by atoms with E-state index in [-0.39, 0.29) is 6.04 Å². The van der Waals surface area contributed by atoms with Crippen LogP contribution in [0, 0.1) is 17.2 Å². The van der Waals surface area contributed by atoms with Crippen LogP contribution in [0.3, 0.4) is 0 Å². The molecular formula is C18H27N3. The molecule has 1 atom stereocenters. The lowest BCUT2D eigenvalue weighted by molar-refractivity contribution is 0.179. The summed E-state index contributed by atoms with van der Waals surface area (Å²) >= 11 is 0. The first-order valence-corrected chi connectivity index (χ1v) is 8.21. The van der Waals surface area contributed by atoms with Gasteiger partial charge in [0.1, 0.15) is 0 Å². The second-order valence-electron chi connectivity index (χ2n) is 6.00. The van der Waals surface area contributed by atoms with Gasteiger partial charge in [-0.15, -0.1) is 0 Å². The van der Waals surface area contributed by atoms with Gasteiger partial charge in [0.05, 0.1) is 12.1 Å². The summed E-state index contributed by atoms with van der Waals surface area (Å²) in [6, 6.07) is 13.2. The Hall–Kier alpha value is -1.37. The zero-order chi connectivity index (χ0) is 14.9. The normalized spacial score (nSPS) is 18.3. The predicted molar refractivity (Wildman–Crippen MR) is 87.0 cm³/mol. The third-order valence-corrected chi connectivity index (χ3v) is 4.41. The van der Waals surface area contributed by atoms with E-state index in [2.05, 4.69) is 53.5 Å². The molecule has 0 spiro atoms. The average Bonchev–Trinajstić information content (AvgIpc) is 2.54. The van der Waals surface area contributed by atoms with E-state index in [1.165, 1.54) is 37.9 Å². The fourth-order valence-corrected chi connectivity index (χ4v) is 3.13. The highest BCUT2D eigenvalue weighted by Crippen LogP contribution is 2.21. The molecule has 1 aliphatic heterocycles. The van der Waals surface area contributed by atoms with E-state index < -0.39 is 0 Å². The molecule has 0 bridgehead atoms. The maximum Gasteiger partial charge on any atom is 0.0965 e. The predicted octanol–water partition coefficient (Wildman–Crippen LogP) is 2.83. The molecule has 1 heterocycles. The van der Waals surface area contributed by atoms with Gasteiger partial charge in [-0.1, -0.05) is 37.3 Å². The highest BCUT2D eigenvalue weighted by molar-refractivity contribution is 5.15. The Bertz CT molecular complexity index is 430. The third kappa shape index (κ3) is 5.49. The van der Waals surface area contributed by atoms with Crippen molar-refractivity contribution in [3.8, 4) is 6.07 Å². The molecule has 1 N–H and O–H groups in total. The Morgan fingerprint density at radius 3 is 2.62 bits per heavy atom. The molecule has 1 saturated heterocycles. The molecule has 3 heteroatoms. The first-order chi connectivity index (χ1) is 10.3. The van der Waals surface area contributed by atoms with E-state index in [1.54, 1.807) is 0 Å². The highest BCUT2D eigenvalue weighted by Gasteiger charge is 2.20. The SMILES string of the molecule is CCNC(C#N)CCN1CCC(Cc2ccccc2)CC1. The Labute approximate surface area is 129 Å². The van der Waals surface area contributed by atoms with E-state index in [4.69, 9.17) is 5.26 Å². The van der Waals surface area contributed by atoms with E-state index in [1.807, 2.05) is 0 Å². The van der Waals surface area contributed by atoms with E-state index in [0.29, 0.717) is 0 Å². The van der Waals surface area contributed by atoms with Crippen molar-refractivity contribution in [1.29, 1.82) is 5.26 Å². The van der Waals surface area contributed by atoms with E-state index in [9.17, 15) is 0 Å². The van der Waals surface area contributed by atoms with Crippen LogP contribution in [0.5, 0.6) is 0 Å². The van der Waals surface area contributed by atoms with E-state index >= 15 is 0 Å². The van der Waals surface area contributed by atoms with Crippen LogP contribution in [0.2, 0.25) is 0 Å². The van der Waals surface area contributed by atoms with Crippen molar-refractivity contribution in [2.75, 3.05) is 26.2 Å². The van der Waals surface area contributed by atoms with Crippen LogP contribution in [0.15, 0.2) is 30.3 Å². The molecule has 3 nitrogen and oxygen atoms in total. The fraction of sp³-hybridized carbons (Fsp3) is 0.611. The molecule has 114 valence electrons. The van der Waals surface area contributed by atoms with Crippen molar-refractivity contribution in [2.24, 2.45) is 5.92 Å². The van der Waals surface area contributed by atoms with Gasteiger partial charge in [-0.2, -0.15) is 5.26 Å². The second-order valence-corrected chi connectivity index (χ2v) is 6.00. The van der Waals surface area contributed by atoms with Crippen molar-refractivity contribution in [1.82, 2.24) is 10.2 Å². The van der Waals surface area contributed by atoms with Crippen molar-refractivity contribution in [3.05, 3.63) is 35.9 Å². The van der Waals surface area contributed by atoms with Gasteiger partial charge in [0.25, 0.3) is 0 Å². The molecule has 1 aromatic rings. The van der Waals surface area contributed by atoms with Gasteiger partial charge in [-0.3, -0.25) is 0 Å². The summed E-state index contributed by atoms with van der Waals surface area (Å²) in [5, 5.41) is 12.3. The van der Waals surface area contributed by atoms with Crippen molar-refractivity contribution < 1.29 is 0 Å². The standard InChI is InChI=1S/C18H27N3/c1-2-20-18(15-19)10-13-21-11-8-17(9-12-21)14-16-6-4-3-5-7-16/h3-7,17-18,20H,2,8-14H2,1H3. The van der Waals surface area contributed by atoms with Crippen LogP contribution in [0.4, 0.5) is 0 Å². The number of hydrogen-bond donors (Lipinski definition) is 1. The van der Waals surface area contributed by atoms with Gasteiger partial charge in [0, 0.05) is 6.54 Å². The quantitative estimate of drug-likeness (QED) is 0.837. The number of nitrogens with one attached hydrogen (secondary N) is 1. The molecular weight excluding hydrogens is 258 g/mol. The summed E-state index contributed by atoms with van der Waals surface area (Å²) in [6.07, 6.45) is 4.72. The molecule has 1 fully saturated rings. The molecule has 21 heavy (non-hydrogen) atoms. The fourth-order valence-electron chi connectivity index (χ4n) is 3.13. The van der Waals surface area contributed by atoms with Crippen molar-refractivity contribution in [2.45, 2.75) is 38.6 Å². The minimum Gasteiger partial charge on any atom is -0.303 e. The molecule has 1 aromatic carbocycles. The number of benzene rings is 1. The molecule has 0 aliphatic carbocycles. The van der Waals surface area contributed by atoms with E-state index in [0.717, 1.165) is 25.4 Å². The largest absolute Gasteiger partial charge is 0.303 e. The van der Waals surface area contributed by atoms with Crippen molar-refractivity contribution in [3.63, 3.8) is 0 Å². The average molecular weight is 285 g/mol. The molecule has 0 radical (unpaired) electrons. The minimum atomic E-state index is 0.0112. The smallest absolute Gasteiger partial charge is 0.0965 e. The van der Waals surface area contributed by atoms with Gasteiger partial charge < -0.3 is 10.2 Å². The lowest BCUT2D eigenvalue weighted by Crippen LogP contribution is -2.38. The van der Waals surface area contributed by atoms with Gasteiger partial charge >= 0.3 is 0 Å². The van der Waals surface area contributed by atoms with Crippen LogP contribution in [0.1, 0.15) is 31.7 Å². The number of nitrogens with zero attached hydrogens (tertiary/aromatic N) is 2. The number of rotatable bonds is 7. The molecule has 2 rings (SSSR count). The maximum atomic E-state index is 9.06. The van der Waals surface area contributed by atoms with Crippen LogP contribution >= 0.6 is 0 Å². The summed E-state index contributed by atoms with van der Waals surface area (Å²) in [7, 11) is 0. The number of nitriles is 1. The van der Waals surface area contributed by atoms with Crippen LogP contribution in [-0.2, 0) is 6.42 Å². The van der Waals surface area contributed by atoms with Crippen LogP contribution in [-0.4, -0.2) is 37.1 Å². The topological polar surface area (TPSA) is 39.1 Å². The first kappa shape index (κ1) is 16.0. The molecule has 0 saturated carbocycles. The van der Waals surface area contributed by atoms with Gasteiger partial charge in [-0.05, 0) is 56.8 Å². The van der Waals surface area contributed by atoms with Gasteiger partial charge in [0.2, 0.25) is 0 Å². The Morgan fingerprint density at radius 2 is 2.00 bits per heavy atom. The first-order valence-electron chi connectivity index (χ1n) is 8.21. The molecule has 0 aromatic heterocycles. The highest BCUT2D eigenvalue weighted by atomic mass is 15.1. The Balaban J connectivity index is 1.67. The van der Waals surface area contributed by atoms with Crippen molar-refractivity contribution >= 4 is 0 Å². The Kier molecular flexibility index (Phi) is 6.72. The monoisotopic (exact) mass is 285 g/mol. The summed E-state index contributed by atoms with van der Waals surface area (Å²) in [6.45, 7) is 6.34. The summed E-state index contributed by atoms with van der Waals surface area (Å²) < 4.78 is 0. The number of likely N-dealkylation sites (tertiary alicyclic amines) is 1. The third-order valence-electron chi connectivity index (χ3n) is 4.41. The van der Waals surface area contributed by atoms with Gasteiger partial charge in [0.15, 0.2) is 0 Å². The van der Waals surface area contributed by atoms with Gasteiger partial charge in [-0.25, -0.2) is 0 Å². The zero-order valence-electron chi connectivity index (χ0n) is 13.1. The summed E-state index contributed by atoms with van der Waals surface area (Å²) in [4.78, 5) is 2.52. The molecule has 0 amide bonds. The number of hydrogen-bond acceptors (Lipinski definition) is 3. The summed E-state index contributed by atoms with van der Waals surface area (Å²) in [5.74, 6) is 0.823. The maximum absolute atomic E-state index is 9.06.